The van der Waals surface area contributed by atoms with Crippen LogP contribution in [0.15, 0.2) is 30.6 Å². The molecule has 0 radical (unpaired) electrons. The van der Waals surface area contributed by atoms with Gasteiger partial charge >= 0.3 is 0 Å². The van der Waals surface area contributed by atoms with E-state index in [9.17, 15) is 0 Å². The van der Waals surface area contributed by atoms with Crippen LogP contribution in [0.3, 0.4) is 0 Å². The lowest BCUT2D eigenvalue weighted by Crippen LogP contribution is -2.06. The summed E-state index contributed by atoms with van der Waals surface area (Å²) in [7, 11) is 1.88. The fourth-order valence-electron chi connectivity index (χ4n) is 1.58. The van der Waals surface area contributed by atoms with E-state index < -0.39 is 0 Å². The quantitative estimate of drug-likeness (QED) is 0.767. The van der Waals surface area contributed by atoms with Gasteiger partial charge in [0.2, 0.25) is 0 Å². The Labute approximate surface area is 102 Å². The number of fused-ring (bicyclic) bond motifs is 1. The molecule has 0 aliphatic rings. The van der Waals surface area contributed by atoms with Crippen molar-refractivity contribution in [3.8, 4) is 0 Å². The van der Waals surface area contributed by atoms with E-state index in [1.807, 2.05) is 25.2 Å². The maximum absolute atomic E-state index is 4.49. The number of benzene rings is 1. The lowest BCUT2D eigenvalue weighted by Gasteiger charge is -2.00. The predicted molar refractivity (Wildman–Crippen MR) is 67.9 cm³/mol. The fraction of sp³-hybridized carbons (Fsp3) is 0.182. The molecule has 5 nitrogen and oxygen atoms in total. The number of nitrogens with one attached hydrogen (secondary N) is 1. The van der Waals surface area contributed by atoms with Gasteiger partial charge in [0.1, 0.15) is 12.2 Å². The van der Waals surface area contributed by atoms with E-state index >= 15 is 0 Å². The predicted octanol–water partition coefficient (Wildman–Crippen LogP) is 2.04. The average molecular weight is 245 g/mol. The summed E-state index contributed by atoms with van der Waals surface area (Å²) in [6.07, 6.45) is 1.55. The van der Waals surface area contributed by atoms with E-state index in [0.29, 0.717) is 6.54 Å². The highest BCUT2D eigenvalue weighted by Gasteiger charge is 2.04. The topological polar surface area (TPSA) is 55.6 Å². The number of para-hydroxylation sites is 1. The van der Waals surface area contributed by atoms with Crippen molar-refractivity contribution in [2.45, 2.75) is 6.54 Å². The summed E-state index contributed by atoms with van der Waals surface area (Å²) in [6.45, 7) is 0.635. The van der Waals surface area contributed by atoms with Gasteiger partial charge in [-0.15, -0.1) is 0 Å². The fourth-order valence-corrected chi connectivity index (χ4v) is 2.44. The van der Waals surface area contributed by atoms with Crippen LogP contribution in [0.4, 0.5) is 5.13 Å². The molecule has 0 amide bonds. The maximum Gasteiger partial charge on any atom is 0.184 e. The Balaban J connectivity index is 1.79. The van der Waals surface area contributed by atoms with Crippen LogP contribution in [0.1, 0.15) is 5.82 Å². The molecule has 17 heavy (non-hydrogen) atoms. The number of hydrogen-bond donors (Lipinski definition) is 1. The van der Waals surface area contributed by atoms with Crippen LogP contribution < -0.4 is 5.32 Å². The SMILES string of the molecule is Cn1ncnc1CNc1nc2ccccc2s1. The lowest BCUT2D eigenvalue weighted by molar-refractivity contribution is 0.712. The molecule has 0 saturated heterocycles. The van der Waals surface area contributed by atoms with Gasteiger partial charge in [-0.05, 0) is 12.1 Å². The van der Waals surface area contributed by atoms with E-state index in [-0.39, 0.29) is 0 Å². The smallest absolute Gasteiger partial charge is 0.184 e. The Morgan fingerprint density at radius 1 is 1.35 bits per heavy atom. The third-order valence-corrected chi connectivity index (χ3v) is 3.49. The Bertz CT molecular complexity index is 609. The minimum Gasteiger partial charge on any atom is -0.354 e. The number of aromatic nitrogens is 4. The van der Waals surface area contributed by atoms with Crippen molar-refractivity contribution in [2.75, 3.05) is 5.32 Å². The summed E-state index contributed by atoms with van der Waals surface area (Å²) >= 11 is 1.65. The molecule has 0 fully saturated rings. The highest BCUT2D eigenvalue weighted by Crippen LogP contribution is 2.25. The summed E-state index contributed by atoms with van der Waals surface area (Å²) in [6, 6.07) is 8.10. The molecule has 2 heterocycles. The van der Waals surface area contributed by atoms with Crippen LogP contribution in [0.5, 0.6) is 0 Å². The zero-order valence-electron chi connectivity index (χ0n) is 9.29. The summed E-state index contributed by atoms with van der Waals surface area (Å²) in [5.74, 6) is 0.893. The van der Waals surface area contributed by atoms with Crippen LogP contribution >= 0.6 is 11.3 Å². The Hall–Kier alpha value is -1.95. The molecule has 2 aromatic heterocycles. The highest BCUT2D eigenvalue weighted by atomic mass is 32.1. The van der Waals surface area contributed by atoms with Gasteiger partial charge in [-0.1, -0.05) is 23.5 Å². The molecule has 3 aromatic rings. The second kappa shape index (κ2) is 4.14. The zero-order valence-corrected chi connectivity index (χ0v) is 10.1. The number of hydrogen-bond acceptors (Lipinski definition) is 5. The van der Waals surface area contributed by atoms with Crippen LogP contribution in [-0.4, -0.2) is 19.7 Å². The molecule has 3 rings (SSSR count). The van der Waals surface area contributed by atoms with Gasteiger partial charge in [0.25, 0.3) is 0 Å². The molecule has 0 spiro atoms. The van der Waals surface area contributed by atoms with Crippen LogP contribution in [0.2, 0.25) is 0 Å². The Kier molecular flexibility index (Phi) is 2.49. The monoisotopic (exact) mass is 245 g/mol. The number of nitrogens with zero attached hydrogens (tertiary/aromatic N) is 4. The average Bonchev–Trinajstić information content (AvgIpc) is 2.92. The Morgan fingerprint density at radius 3 is 3.00 bits per heavy atom. The number of anilines is 1. The minimum absolute atomic E-state index is 0.635. The van der Waals surface area contributed by atoms with Gasteiger partial charge in [-0.25, -0.2) is 9.97 Å². The van der Waals surface area contributed by atoms with Crippen molar-refractivity contribution in [1.29, 1.82) is 0 Å². The summed E-state index contributed by atoms with van der Waals surface area (Å²) < 4.78 is 2.94. The molecule has 0 aliphatic heterocycles. The van der Waals surface area contributed by atoms with Crippen molar-refractivity contribution < 1.29 is 0 Å². The van der Waals surface area contributed by atoms with Gasteiger partial charge in [-0.2, -0.15) is 5.10 Å². The first-order valence-electron chi connectivity index (χ1n) is 5.25. The van der Waals surface area contributed by atoms with E-state index in [1.54, 1.807) is 22.3 Å². The summed E-state index contributed by atoms with van der Waals surface area (Å²) in [4.78, 5) is 8.64. The van der Waals surface area contributed by atoms with E-state index in [0.717, 1.165) is 16.5 Å². The summed E-state index contributed by atoms with van der Waals surface area (Å²) in [5.41, 5.74) is 1.03. The molecule has 6 heteroatoms. The largest absolute Gasteiger partial charge is 0.354 e. The molecular formula is C11H11N5S. The van der Waals surface area contributed by atoms with Crippen molar-refractivity contribution in [1.82, 2.24) is 19.7 Å². The highest BCUT2D eigenvalue weighted by molar-refractivity contribution is 7.22. The third kappa shape index (κ3) is 1.99. The van der Waals surface area contributed by atoms with Crippen molar-refractivity contribution in [2.24, 2.45) is 7.05 Å². The zero-order chi connectivity index (χ0) is 11.7. The van der Waals surface area contributed by atoms with Crippen LogP contribution in [0, 0.1) is 0 Å². The Morgan fingerprint density at radius 2 is 2.24 bits per heavy atom. The number of aryl methyl sites for hydroxylation is 1. The van der Waals surface area contributed by atoms with Gasteiger partial charge in [0.05, 0.1) is 16.8 Å². The van der Waals surface area contributed by atoms with Crippen molar-refractivity contribution in [3.05, 3.63) is 36.4 Å². The molecule has 0 unspecified atom stereocenters. The van der Waals surface area contributed by atoms with E-state index in [1.165, 1.54) is 4.70 Å². The molecule has 1 aromatic carbocycles. The second-order valence-electron chi connectivity index (χ2n) is 3.64. The molecule has 1 N–H and O–H groups in total. The molecule has 0 aliphatic carbocycles. The molecule has 0 saturated carbocycles. The standard InChI is InChI=1S/C11H11N5S/c1-16-10(13-7-14-16)6-12-11-15-8-4-2-3-5-9(8)17-11/h2-5,7H,6H2,1H3,(H,12,15). The van der Waals surface area contributed by atoms with Gasteiger partial charge in [0, 0.05) is 7.05 Å². The number of thiazole rings is 1. The van der Waals surface area contributed by atoms with E-state index in [2.05, 4.69) is 26.4 Å². The molecular weight excluding hydrogens is 234 g/mol. The van der Waals surface area contributed by atoms with Gasteiger partial charge < -0.3 is 5.32 Å². The molecule has 0 bridgehead atoms. The third-order valence-electron chi connectivity index (χ3n) is 2.50. The minimum atomic E-state index is 0.635. The summed E-state index contributed by atoms with van der Waals surface area (Å²) in [5, 5.41) is 8.19. The lowest BCUT2D eigenvalue weighted by atomic mass is 10.3. The molecule has 86 valence electrons. The van der Waals surface area contributed by atoms with Gasteiger partial charge in [-0.3, -0.25) is 4.68 Å². The van der Waals surface area contributed by atoms with Gasteiger partial charge in [0.15, 0.2) is 5.13 Å². The van der Waals surface area contributed by atoms with Crippen molar-refractivity contribution in [3.63, 3.8) is 0 Å². The first-order valence-corrected chi connectivity index (χ1v) is 6.07. The van der Waals surface area contributed by atoms with Crippen LogP contribution in [0.25, 0.3) is 10.2 Å². The normalized spacial score (nSPS) is 10.9. The first-order chi connectivity index (χ1) is 8.33. The first kappa shape index (κ1) is 10.2. The van der Waals surface area contributed by atoms with Crippen molar-refractivity contribution >= 4 is 26.7 Å². The number of rotatable bonds is 3. The van der Waals surface area contributed by atoms with Crippen LogP contribution in [-0.2, 0) is 13.6 Å². The maximum atomic E-state index is 4.49. The second-order valence-corrected chi connectivity index (χ2v) is 4.67. The molecule has 0 atom stereocenters. The van der Waals surface area contributed by atoms with E-state index in [4.69, 9.17) is 0 Å².